The van der Waals surface area contributed by atoms with E-state index in [1.54, 1.807) is 11.8 Å². The highest BCUT2D eigenvalue weighted by atomic mass is 32.2. The van der Waals surface area contributed by atoms with Crippen molar-refractivity contribution < 1.29 is 14.3 Å². The molecule has 0 fully saturated rings. The van der Waals surface area contributed by atoms with Crippen molar-refractivity contribution in [3.8, 4) is 17.2 Å². The molecule has 7 heteroatoms. The van der Waals surface area contributed by atoms with Crippen LogP contribution in [0.1, 0.15) is 29.3 Å². The summed E-state index contributed by atoms with van der Waals surface area (Å²) >= 11 is 1.80. The Morgan fingerprint density at radius 2 is 1.87 bits per heavy atom. The van der Waals surface area contributed by atoms with Crippen molar-refractivity contribution in [3.63, 3.8) is 0 Å². The zero-order valence-electron chi connectivity index (χ0n) is 17.1. The van der Waals surface area contributed by atoms with Crippen molar-refractivity contribution in [1.29, 1.82) is 0 Å². The summed E-state index contributed by atoms with van der Waals surface area (Å²) in [6, 6.07) is 13.6. The third kappa shape index (κ3) is 3.23. The Morgan fingerprint density at radius 1 is 1.10 bits per heavy atom. The molecule has 1 N–H and O–H groups in total. The number of hydrogen-bond donors (Lipinski definition) is 1. The number of carbonyl (C=O) groups is 1. The van der Waals surface area contributed by atoms with Crippen LogP contribution < -0.4 is 14.8 Å². The Hall–Kier alpha value is -2.93. The van der Waals surface area contributed by atoms with Crippen molar-refractivity contribution in [3.05, 3.63) is 64.8 Å². The van der Waals surface area contributed by atoms with E-state index in [1.165, 1.54) is 11.1 Å². The number of thioether (sulfide) groups is 1. The van der Waals surface area contributed by atoms with Crippen molar-refractivity contribution in [2.45, 2.75) is 44.5 Å². The molecule has 0 bridgehead atoms. The minimum atomic E-state index is -0.743. The first kappa shape index (κ1) is 19.1. The number of fused-ring (bicyclic) bond motifs is 2. The van der Waals surface area contributed by atoms with Crippen molar-refractivity contribution >= 4 is 23.5 Å². The molecule has 2 unspecified atom stereocenters. The van der Waals surface area contributed by atoms with Gasteiger partial charge < -0.3 is 14.8 Å². The number of nitrogens with one attached hydrogen (secondary N) is 1. The molecule has 154 valence electrons. The first-order valence-electron chi connectivity index (χ1n) is 10.0. The third-order valence-electron chi connectivity index (χ3n) is 5.63. The number of nitrogens with zero attached hydrogens (tertiary/aromatic N) is 2. The van der Waals surface area contributed by atoms with E-state index in [2.05, 4.69) is 31.3 Å². The molecule has 0 spiro atoms. The molecule has 0 aliphatic carbocycles. The van der Waals surface area contributed by atoms with Crippen LogP contribution in [0.15, 0.2) is 42.5 Å². The van der Waals surface area contributed by atoms with Crippen LogP contribution in [-0.2, 0) is 16.3 Å². The molecule has 1 amide bonds. The zero-order valence-corrected chi connectivity index (χ0v) is 18.0. The molecule has 30 heavy (non-hydrogen) atoms. The van der Waals surface area contributed by atoms with Gasteiger partial charge in [0.05, 0.1) is 11.4 Å². The van der Waals surface area contributed by atoms with Crippen molar-refractivity contribution in [2.75, 3.05) is 5.32 Å². The topological polar surface area (TPSA) is 65.4 Å². The van der Waals surface area contributed by atoms with E-state index >= 15 is 0 Å². The van der Waals surface area contributed by atoms with Crippen LogP contribution in [0.5, 0.6) is 11.5 Å². The highest BCUT2D eigenvalue weighted by Crippen LogP contribution is 2.37. The number of benzene rings is 2. The summed E-state index contributed by atoms with van der Waals surface area (Å²) < 4.78 is 13.7. The fourth-order valence-electron chi connectivity index (χ4n) is 3.78. The second-order valence-electron chi connectivity index (χ2n) is 7.74. The van der Waals surface area contributed by atoms with Gasteiger partial charge in [0.1, 0.15) is 11.9 Å². The number of anilines is 1. The van der Waals surface area contributed by atoms with E-state index in [4.69, 9.17) is 14.6 Å². The van der Waals surface area contributed by atoms with E-state index < -0.39 is 12.2 Å². The SMILES string of the molecule is Cc1ccc(-n2nc3c(c2NC(=O)C2Oc4ccccc4OC2C)CSC3)cc1C. The van der Waals surface area contributed by atoms with E-state index in [0.29, 0.717) is 11.5 Å². The predicted octanol–water partition coefficient (Wildman–Crippen LogP) is 4.40. The molecule has 2 aliphatic rings. The number of ether oxygens (including phenoxy) is 2. The number of rotatable bonds is 3. The normalized spacial score (nSPS) is 19.4. The van der Waals surface area contributed by atoms with Crippen LogP contribution in [-0.4, -0.2) is 27.9 Å². The second-order valence-corrected chi connectivity index (χ2v) is 8.73. The number of hydrogen-bond acceptors (Lipinski definition) is 5. The van der Waals surface area contributed by atoms with Gasteiger partial charge in [-0.2, -0.15) is 16.9 Å². The number of aromatic nitrogens is 2. The molecule has 3 heterocycles. The van der Waals surface area contributed by atoms with Crippen LogP contribution in [0.2, 0.25) is 0 Å². The molecule has 0 saturated carbocycles. The molecule has 0 saturated heterocycles. The Labute approximate surface area is 179 Å². The fraction of sp³-hybridized carbons (Fsp3) is 0.304. The van der Waals surface area contributed by atoms with Crippen molar-refractivity contribution in [1.82, 2.24) is 9.78 Å². The largest absolute Gasteiger partial charge is 0.482 e. The van der Waals surface area contributed by atoms with Crippen LogP contribution in [0.3, 0.4) is 0 Å². The van der Waals surface area contributed by atoms with Crippen LogP contribution >= 0.6 is 11.8 Å². The number of para-hydroxylation sites is 2. The maximum absolute atomic E-state index is 13.2. The van der Waals surface area contributed by atoms with Crippen LogP contribution in [0.25, 0.3) is 5.69 Å². The number of amides is 1. The number of carbonyl (C=O) groups excluding carboxylic acids is 1. The van der Waals surface area contributed by atoms with Gasteiger partial charge in [-0.05, 0) is 56.2 Å². The molecular weight excluding hydrogens is 398 g/mol. The minimum Gasteiger partial charge on any atom is -0.482 e. The van der Waals surface area contributed by atoms with Gasteiger partial charge in [0.15, 0.2) is 11.5 Å². The lowest BCUT2D eigenvalue weighted by atomic mass is 10.1. The maximum Gasteiger partial charge on any atom is 0.270 e. The summed E-state index contributed by atoms with van der Waals surface area (Å²) in [6.07, 6.45) is -1.15. The first-order chi connectivity index (χ1) is 14.5. The fourth-order valence-corrected chi connectivity index (χ4v) is 4.81. The summed E-state index contributed by atoms with van der Waals surface area (Å²) in [5.74, 6) is 3.41. The predicted molar refractivity (Wildman–Crippen MR) is 118 cm³/mol. The monoisotopic (exact) mass is 421 g/mol. The third-order valence-corrected chi connectivity index (χ3v) is 6.60. The maximum atomic E-state index is 13.2. The summed E-state index contributed by atoms with van der Waals surface area (Å²) in [7, 11) is 0. The van der Waals surface area contributed by atoms with E-state index in [0.717, 1.165) is 34.3 Å². The summed E-state index contributed by atoms with van der Waals surface area (Å²) in [4.78, 5) is 13.2. The lowest BCUT2D eigenvalue weighted by Crippen LogP contribution is -2.46. The average Bonchev–Trinajstić information content (AvgIpc) is 3.32. The van der Waals surface area contributed by atoms with Gasteiger partial charge in [0, 0.05) is 17.1 Å². The molecule has 1 aromatic heterocycles. The Bertz CT molecular complexity index is 1140. The number of aryl methyl sites for hydroxylation is 2. The molecule has 5 rings (SSSR count). The molecule has 3 aromatic rings. The van der Waals surface area contributed by atoms with Gasteiger partial charge in [0.2, 0.25) is 6.10 Å². The standard InChI is InChI=1S/C23H23N3O3S/c1-13-8-9-16(10-14(13)2)26-22(17-11-30-12-18(17)25-26)24-23(27)21-15(3)28-19-6-4-5-7-20(19)29-21/h4-10,15,21H,11-12H2,1-3H3,(H,24,27). The molecular formula is C23H23N3O3S. The molecule has 2 atom stereocenters. The summed E-state index contributed by atoms with van der Waals surface area (Å²) in [5, 5.41) is 7.89. The van der Waals surface area contributed by atoms with E-state index in [-0.39, 0.29) is 5.91 Å². The highest BCUT2D eigenvalue weighted by Gasteiger charge is 2.35. The molecule has 2 aliphatic heterocycles. The Balaban J connectivity index is 1.47. The van der Waals surface area contributed by atoms with Gasteiger partial charge >= 0.3 is 0 Å². The van der Waals surface area contributed by atoms with Gasteiger partial charge in [-0.25, -0.2) is 4.68 Å². The molecule has 6 nitrogen and oxygen atoms in total. The first-order valence-corrected chi connectivity index (χ1v) is 11.2. The Morgan fingerprint density at radius 3 is 2.63 bits per heavy atom. The quantitative estimate of drug-likeness (QED) is 0.679. The van der Waals surface area contributed by atoms with Gasteiger partial charge in [0.25, 0.3) is 5.91 Å². The highest BCUT2D eigenvalue weighted by molar-refractivity contribution is 7.98. The minimum absolute atomic E-state index is 0.235. The van der Waals surface area contributed by atoms with E-state index in [1.807, 2.05) is 41.9 Å². The van der Waals surface area contributed by atoms with Crippen LogP contribution in [0, 0.1) is 13.8 Å². The van der Waals surface area contributed by atoms with Crippen LogP contribution in [0.4, 0.5) is 5.82 Å². The van der Waals surface area contributed by atoms with E-state index in [9.17, 15) is 4.79 Å². The van der Waals surface area contributed by atoms with Gasteiger partial charge in [-0.15, -0.1) is 0 Å². The lowest BCUT2D eigenvalue weighted by molar-refractivity contribution is -0.128. The van der Waals surface area contributed by atoms with Crippen molar-refractivity contribution in [2.24, 2.45) is 0 Å². The smallest absolute Gasteiger partial charge is 0.270 e. The second kappa shape index (κ2) is 7.40. The van der Waals surface area contributed by atoms with Gasteiger partial charge in [-0.1, -0.05) is 18.2 Å². The molecule has 0 radical (unpaired) electrons. The molecule has 2 aromatic carbocycles. The average molecular weight is 422 g/mol. The Kier molecular flexibility index (Phi) is 4.70. The lowest BCUT2D eigenvalue weighted by Gasteiger charge is -2.31. The zero-order chi connectivity index (χ0) is 20.8. The summed E-state index contributed by atoms with van der Waals surface area (Å²) in [5.41, 5.74) is 5.44. The van der Waals surface area contributed by atoms with Gasteiger partial charge in [-0.3, -0.25) is 4.79 Å². The summed E-state index contributed by atoms with van der Waals surface area (Å²) in [6.45, 7) is 6.01.